The van der Waals surface area contributed by atoms with Gasteiger partial charge in [-0.25, -0.2) is 0 Å². The molecule has 312 valence electrons. The zero-order valence-electron chi connectivity index (χ0n) is 37.0. The summed E-state index contributed by atoms with van der Waals surface area (Å²) in [7, 11) is 0. The maximum absolute atomic E-state index is 2.37. The lowest BCUT2D eigenvalue weighted by Crippen LogP contribution is -2.48. The minimum absolute atomic E-state index is 1.17. The van der Waals surface area contributed by atoms with E-state index in [9.17, 15) is 0 Å². The van der Waals surface area contributed by atoms with Crippen LogP contribution in [0.4, 0.5) is 0 Å². The molecule has 0 saturated carbocycles. The van der Waals surface area contributed by atoms with E-state index in [1.807, 2.05) is 0 Å². The van der Waals surface area contributed by atoms with Gasteiger partial charge in [-0.05, 0) is 65.2 Å². The summed E-state index contributed by atoms with van der Waals surface area (Å²) in [6, 6.07) is 22.8. The summed E-state index contributed by atoms with van der Waals surface area (Å²) in [6.07, 6.45) is 54.5. The molecule has 0 radical (unpaired) electrons. The van der Waals surface area contributed by atoms with E-state index in [-0.39, 0.29) is 0 Å². The molecule has 2 aromatic rings. The fourth-order valence-corrected chi connectivity index (χ4v) is 8.77. The van der Waals surface area contributed by atoms with Gasteiger partial charge in [-0.3, -0.25) is 0 Å². The van der Waals surface area contributed by atoms with Crippen LogP contribution in [0.1, 0.15) is 230 Å². The summed E-state index contributed by atoms with van der Waals surface area (Å²) in [4.78, 5) is 0. The van der Waals surface area contributed by atoms with Crippen LogP contribution < -0.4 is 0 Å². The molecule has 0 atom stereocenters. The van der Waals surface area contributed by atoms with Gasteiger partial charge in [0.05, 0.1) is 13.1 Å². The largest absolute Gasteiger partial charge is 0.316 e. The summed E-state index contributed by atoms with van der Waals surface area (Å²) in [5, 5.41) is 0. The Balaban J connectivity index is 1.63. The van der Waals surface area contributed by atoms with E-state index in [4.69, 9.17) is 0 Å². The van der Waals surface area contributed by atoms with Gasteiger partial charge in [0.2, 0.25) is 0 Å². The Labute approximate surface area is 344 Å². The van der Waals surface area contributed by atoms with Crippen LogP contribution in [-0.4, -0.2) is 17.6 Å². The monoisotopic (exact) mass is 755 g/mol. The van der Waals surface area contributed by atoms with Crippen LogP contribution in [0.2, 0.25) is 0 Å². The Bertz CT molecular complexity index is 1010. The highest BCUT2D eigenvalue weighted by Gasteiger charge is 2.27. The smallest absolute Gasteiger partial charge is 0.105 e. The molecule has 0 N–H and O–H groups in total. The molecule has 0 aliphatic rings. The molecule has 0 unspecified atom stereocenters. The Morgan fingerprint density at radius 2 is 0.545 bits per heavy atom. The molecular formula is C54H92N+. The van der Waals surface area contributed by atoms with E-state index >= 15 is 0 Å². The molecule has 0 amide bonds. The second-order valence-corrected chi connectivity index (χ2v) is 17.4. The number of hydrogen-bond donors (Lipinski definition) is 0. The van der Waals surface area contributed by atoms with Crippen LogP contribution in [0.15, 0.2) is 85.0 Å². The van der Waals surface area contributed by atoms with Crippen molar-refractivity contribution in [3.8, 4) is 0 Å². The standard InChI is InChI=1S/C54H92N/c1-3-5-7-9-11-13-15-17-19-21-23-25-27-29-31-33-35-43-49-55(51-53-45-39-37-40-46-53,52-54-47-41-38-42-48-54)50-44-36-34-32-30-28-26-24-22-20-18-16-14-12-10-8-6-4-2/h3-6,37-42,45-48H,7-36,43-44,49-52H2,1-2H3/q+1/b5-3+,6-4+. The van der Waals surface area contributed by atoms with Crippen molar-refractivity contribution in [3.63, 3.8) is 0 Å². The first-order chi connectivity index (χ1) is 27.3. The van der Waals surface area contributed by atoms with Crippen molar-refractivity contribution >= 4 is 0 Å². The lowest BCUT2D eigenvalue weighted by atomic mass is 10.0. The number of unbranched alkanes of at least 4 members (excludes halogenated alkanes) is 30. The average Bonchev–Trinajstić information content (AvgIpc) is 3.20. The molecule has 2 rings (SSSR count). The molecule has 2 aromatic carbocycles. The highest BCUT2D eigenvalue weighted by atomic mass is 15.3. The molecular weight excluding hydrogens is 663 g/mol. The Kier molecular flexibility index (Phi) is 33.4. The summed E-state index contributed by atoms with van der Waals surface area (Å²) < 4.78 is 1.22. The van der Waals surface area contributed by atoms with Gasteiger partial charge >= 0.3 is 0 Å². The van der Waals surface area contributed by atoms with Crippen molar-refractivity contribution in [2.45, 2.75) is 232 Å². The zero-order valence-corrected chi connectivity index (χ0v) is 37.0. The van der Waals surface area contributed by atoms with Gasteiger partial charge in [-0.2, -0.15) is 0 Å². The van der Waals surface area contributed by atoms with Gasteiger partial charge < -0.3 is 4.48 Å². The van der Waals surface area contributed by atoms with Gasteiger partial charge in [-0.1, -0.05) is 239 Å². The molecule has 0 aliphatic heterocycles. The minimum atomic E-state index is 1.17. The molecule has 1 nitrogen and oxygen atoms in total. The van der Waals surface area contributed by atoms with Crippen molar-refractivity contribution in [1.82, 2.24) is 0 Å². The van der Waals surface area contributed by atoms with Crippen LogP contribution in [0.5, 0.6) is 0 Å². The molecule has 0 aliphatic carbocycles. The molecule has 0 bridgehead atoms. The molecule has 0 spiro atoms. The van der Waals surface area contributed by atoms with Gasteiger partial charge in [0, 0.05) is 11.1 Å². The van der Waals surface area contributed by atoms with Gasteiger partial charge in [-0.15, -0.1) is 0 Å². The van der Waals surface area contributed by atoms with Gasteiger partial charge in [0.25, 0.3) is 0 Å². The summed E-state index contributed by atoms with van der Waals surface area (Å²) in [5.74, 6) is 0. The lowest BCUT2D eigenvalue weighted by Gasteiger charge is -2.39. The van der Waals surface area contributed by atoms with Crippen molar-refractivity contribution in [2.24, 2.45) is 0 Å². The maximum Gasteiger partial charge on any atom is 0.105 e. The van der Waals surface area contributed by atoms with Crippen LogP contribution in [0.25, 0.3) is 0 Å². The van der Waals surface area contributed by atoms with Crippen molar-refractivity contribution < 1.29 is 4.48 Å². The molecule has 0 saturated heterocycles. The highest BCUT2D eigenvalue weighted by Crippen LogP contribution is 2.25. The molecule has 0 aromatic heterocycles. The van der Waals surface area contributed by atoms with E-state index in [2.05, 4.69) is 98.8 Å². The van der Waals surface area contributed by atoms with Gasteiger partial charge in [0.15, 0.2) is 0 Å². The first kappa shape index (κ1) is 49.0. The second kappa shape index (κ2) is 37.5. The Morgan fingerprint density at radius 1 is 0.309 bits per heavy atom. The van der Waals surface area contributed by atoms with E-state index < -0.39 is 0 Å². The van der Waals surface area contributed by atoms with Crippen LogP contribution in [-0.2, 0) is 13.1 Å². The number of rotatable bonds is 40. The van der Waals surface area contributed by atoms with Crippen molar-refractivity contribution in [2.75, 3.05) is 13.1 Å². The maximum atomic E-state index is 2.37. The molecule has 0 heterocycles. The van der Waals surface area contributed by atoms with E-state index in [1.165, 1.54) is 247 Å². The predicted molar refractivity (Wildman–Crippen MR) is 248 cm³/mol. The summed E-state index contributed by atoms with van der Waals surface area (Å²) >= 11 is 0. The fraction of sp³-hybridized carbons (Fsp3) is 0.704. The number of benzene rings is 2. The van der Waals surface area contributed by atoms with E-state index in [0.29, 0.717) is 0 Å². The van der Waals surface area contributed by atoms with Crippen LogP contribution in [0, 0.1) is 0 Å². The molecule has 0 fully saturated rings. The van der Waals surface area contributed by atoms with E-state index in [0.717, 1.165) is 0 Å². The van der Waals surface area contributed by atoms with Crippen LogP contribution in [0.3, 0.4) is 0 Å². The second-order valence-electron chi connectivity index (χ2n) is 17.4. The number of nitrogens with zero attached hydrogens (tertiary/aromatic N) is 1. The first-order valence-corrected chi connectivity index (χ1v) is 24.4. The predicted octanol–water partition coefficient (Wildman–Crippen LogP) is 17.8. The fourth-order valence-electron chi connectivity index (χ4n) is 8.77. The SMILES string of the molecule is C/C=C/CCCCCCCCCCCCCCCCC[N+](CCCCCCCCCCCCCCCCC/C=C/C)(Cc1ccccc1)Cc1ccccc1. The highest BCUT2D eigenvalue weighted by molar-refractivity contribution is 5.15. The average molecular weight is 755 g/mol. The number of quaternary nitrogens is 1. The third kappa shape index (κ3) is 29.7. The Morgan fingerprint density at radius 3 is 0.800 bits per heavy atom. The third-order valence-electron chi connectivity index (χ3n) is 12.2. The summed E-state index contributed by atoms with van der Waals surface area (Å²) in [5.41, 5.74) is 3.03. The van der Waals surface area contributed by atoms with Crippen molar-refractivity contribution in [1.29, 1.82) is 0 Å². The normalized spacial score (nSPS) is 12.1. The summed E-state index contributed by atoms with van der Waals surface area (Å²) in [6.45, 7) is 9.23. The zero-order chi connectivity index (χ0) is 39.0. The third-order valence-corrected chi connectivity index (χ3v) is 12.2. The molecule has 55 heavy (non-hydrogen) atoms. The van der Waals surface area contributed by atoms with E-state index in [1.54, 1.807) is 0 Å². The number of allylic oxidation sites excluding steroid dienone is 4. The van der Waals surface area contributed by atoms with Crippen LogP contribution >= 0.6 is 0 Å². The number of hydrogen-bond acceptors (Lipinski definition) is 0. The lowest BCUT2D eigenvalue weighted by molar-refractivity contribution is -0.954. The first-order valence-electron chi connectivity index (χ1n) is 24.4. The molecule has 1 heteroatoms. The van der Waals surface area contributed by atoms with Crippen molar-refractivity contribution in [3.05, 3.63) is 96.1 Å². The minimum Gasteiger partial charge on any atom is -0.316 e. The quantitative estimate of drug-likeness (QED) is 0.0361. The topological polar surface area (TPSA) is 0 Å². The Hall–Kier alpha value is -2.12. The van der Waals surface area contributed by atoms with Gasteiger partial charge in [0.1, 0.15) is 13.1 Å².